The Morgan fingerprint density at radius 1 is 1.23 bits per heavy atom. The molecule has 22 heavy (non-hydrogen) atoms. The molecule has 5 nitrogen and oxygen atoms in total. The van der Waals surface area contributed by atoms with Crippen molar-refractivity contribution in [2.45, 2.75) is 19.8 Å². The SMILES string of the molecule is Cc1ccc(-c2cccn3nc(NC(=O)C4CC4)nc23)cc1. The van der Waals surface area contributed by atoms with Crippen LogP contribution in [-0.2, 0) is 4.79 Å². The number of nitrogens with zero attached hydrogens (tertiary/aromatic N) is 3. The monoisotopic (exact) mass is 292 g/mol. The molecule has 110 valence electrons. The van der Waals surface area contributed by atoms with Gasteiger partial charge in [-0.1, -0.05) is 29.8 Å². The minimum Gasteiger partial charge on any atom is -0.293 e. The molecule has 1 amide bonds. The van der Waals surface area contributed by atoms with Gasteiger partial charge in [0.25, 0.3) is 0 Å². The normalized spacial score (nSPS) is 14.2. The molecule has 0 radical (unpaired) electrons. The van der Waals surface area contributed by atoms with Crippen LogP contribution in [0.25, 0.3) is 16.8 Å². The lowest BCUT2D eigenvalue weighted by atomic mass is 10.1. The smallest absolute Gasteiger partial charge is 0.249 e. The lowest BCUT2D eigenvalue weighted by Gasteiger charge is -2.03. The Balaban J connectivity index is 1.74. The number of aromatic nitrogens is 3. The molecular formula is C17H16N4O. The molecule has 0 saturated heterocycles. The van der Waals surface area contributed by atoms with E-state index in [-0.39, 0.29) is 11.8 Å². The van der Waals surface area contributed by atoms with Gasteiger partial charge in [-0.3, -0.25) is 10.1 Å². The van der Waals surface area contributed by atoms with E-state index in [0.29, 0.717) is 5.95 Å². The maximum Gasteiger partial charge on any atom is 0.249 e. The molecule has 0 spiro atoms. The molecule has 5 heteroatoms. The van der Waals surface area contributed by atoms with Crippen molar-refractivity contribution in [3.63, 3.8) is 0 Å². The van der Waals surface area contributed by atoms with E-state index in [0.717, 1.165) is 29.6 Å². The molecule has 4 rings (SSSR count). The first kappa shape index (κ1) is 13.0. The Kier molecular flexibility index (Phi) is 2.92. The molecule has 1 N–H and O–H groups in total. The second-order valence-corrected chi connectivity index (χ2v) is 5.75. The van der Waals surface area contributed by atoms with Crippen molar-refractivity contribution in [2.75, 3.05) is 5.32 Å². The summed E-state index contributed by atoms with van der Waals surface area (Å²) in [5.74, 6) is 0.535. The standard InChI is InChI=1S/C17H16N4O/c1-11-4-6-12(7-5-11)14-3-2-10-21-15(14)18-17(20-21)19-16(22)13-8-9-13/h2-7,10,13H,8-9H2,1H3,(H,19,20,22). The topological polar surface area (TPSA) is 59.3 Å². The summed E-state index contributed by atoms with van der Waals surface area (Å²) >= 11 is 0. The number of carbonyl (C=O) groups is 1. The average molecular weight is 292 g/mol. The molecule has 1 aromatic carbocycles. The minimum absolute atomic E-state index is 0.0211. The number of pyridine rings is 1. The van der Waals surface area contributed by atoms with Gasteiger partial charge in [0.05, 0.1) is 0 Å². The number of fused-ring (bicyclic) bond motifs is 1. The van der Waals surface area contributed by atoms with Crippen LogP contribution in [0.5, 0.6) is 0 Å². The van der Waals surface area contributed by atoms with Crippen LogP contribution in [0, 0.1) is 12.8 Å². The fourth-order valence-electron chi connectivity index (χ4n) is 2.48. The van der Waals surface area contributed by atoms with E-state index >= 15 is 0 Å². The molecular weight excluding hydrogens is 276 g/mol. The molecule has 0 atom stereocenters. The van der Waals surface area contributed by atoms with Crippen molar-refractivity contribution in [1.82, 2.24) is 14.6 Å². The summed E-state index contributed by atoms with van der Waals surface area (Å²) in [5.41, 5.74) is 4.05. The quantitative estimate of drug-likeness (QED) is 0.807. The zero-order valence-electron chi connectivity index (χ0n) is 12.3. The van der Waals surface area contributed by atoms with Crippen molar-refractivity contribution in [3.8, 4) is 11.1 Å². The molecule has 2 heterocycles. The van der Waals surface area contributed by atoms with Gasteiger partial charge in [0.1, 0.15) is 0 Å². The van der Waals surface area contributed by atoms with E-state index in [4.69, 9.17) is 0 Å². The van der Waals surface area contributed by atoms with Crippen molar-refractivity contribution in [2.24, 2.45) is 5.92 Å². The number of hydrogen-bond acceptors (Lipinski definition) is 3. The Labute approximate surface area is 128 Å². The molecule has 0 bridgehead atoms. The first-order chi connectivity index (χ1) is 10.7. The summed E-state index contributed by atoms with van der Waals surface area (Å²) in [6, 6.07) is 12.2. The van der Waals surface area contributed by atoms with Gasteiger partial charge in [0.2, 0.25) is 11.9 Å². The molecule has 0 aliphatic heterocycles. The summed E-state index contributed by atoms with van der Waals surface area (Å²) in [5, 5.41) is 7.14. The van der Waals surface area contributed by atoms with Gasteiger partial charge in [-0.15, -0.1) is 5.10 Å². The Hall–Kier alpha value is -2.69. The van der Waals surface area contributed by atoms with Crippen LogP contribution in [0.1, 0.15) is 18.4 Å². The predicted octanol–water partition coefficient (Wildman–Crippen LogP) is 3.05. The maximum absolute atomic E-state index is 11.8. The molecule has 1 fully saturated rings. The van der Waals surface area contributed by atoms with E-state index in [9.17, 15) is 4.79 Å². The van der Waals surface area contributed by atoms with E-state index in [1.807, 2.05) is 18.3 Å². The van der Waals surface area contributed by atoms with Gasteiger partial charge >= 0.3 is 0 Å². The third-order valence-corrected chi connectivity index (χ3v) is 3.91. The highest BCUT2D eigenvalue weighted by Crippen LogP contribution is 2.30. The van der Waals surface area contributed by atoms with Crippen molar-refractivity contribution >= 4 is 17.5 Å². The zero-order chi connectivity index (χ0) is 15.1. The third-order valence-electron chi connectivity index (χ3n) is 3.91. The molecule has 3 aromatic rings. The van der Waals surface area contributed by atoms with Crippen molar-refractivity contribution in [1.29, 1.82) is 0 Å². The second-order valence-electron chi connectivity index (χ2n) is 5.75. The van der Waals surface area contributed by atoms with Crippen LogP contribution in [-0.4, -0.2) is 20.5 Å². The minimum atomic E-state index is 0.0211. The van der Waals surface area contributed by atoms with E-state index in [1.54, 1.807) is 4.52 Å². The van der Waals surface area contributed by atoms with Gasteiger partial charge in [-0.2, -0.15) is 4.98 Å². The van der Waals surface area contributed by atoms with Crippen LogP contribution >= 0.6 is 0 Å². The fourth-order valence-corrected chi connectivity index (χ4v) is 2.48. The first-order valence-electron chi connectivity index (χ1n) is 7.44. The Morgan fingerprint density at radius 3 is 2.73 bits per heavy atom. The predicted molar refractivity (Wildman–Crippen MR) is 84.5 cm³/mol. The number of aryl methyl sites for hydroxylation is 1. The van der Waals surface area contributed by atoms with Crippen LogP contribution in [0.15, 0.2) is 42.6 Å². The third kappa shape index (κ3) is 2.35. The van der Waals surface area contributed by atoms with Gasteiger partial charge in [-0.25, -0.2) is 4.52 Å². The number of anilines is 1. The maximum atomic E-state index is 11.8. The van der Waals surface area contributed by atoms with Gasteiger partial charge in [-0.05, 0) is 37.5 Å². The van der Waals surface area contributed by atoms with E-state index in [1.165, 1.54) is 5.56 Å². The summed E-state index contributed by atoms with van der Waals surface area (Å²) in [6.45, 7) is 2.06. The summed E-state index contributed by atoms with van der Waals surface area (Å²) in [4.78, 5) is 16.3. The highest BCUT2D eigenvalue weighted by molar-refractivity contribution is 5.93. The lowest BCUT2D eigenvalue weighted by Crippen LogP contribution is -2.14. The highest BCUT2D eigenvalue weighted by Gasteiger charge is 2.30. The molecule has 0 unspecified atom stereocenters. The van der Waals surface area contributed by atoms with Crippen LogP contribution in [0.3, 0.4) is 0 Å². The summed E-state index contributed by atoms with van der Waals surface area (Å²) in [7, 11) is 0. The van der Waals surface area contributed by atoms with Crippen molar-refractivity contribution in [3.05, 3.63) is 48.2 Å². The number of nitrogens with one attached hydrogen (secondary N) is 1. The summed E-state index contributed by atoms with van der Waals surface area (Å²) < 4.78 is 1.71. The van der Waals surface area contributed by atoms with Gasteiger partial charge < -0.3 is 0 Å². The fraction of sp³-hybridized carbons (Fsp3) is 0.235. The summed E-state index contributed by atoms with van der Waals surface area (Å²) in [6.07, 6.45) is 3.77. The largest absolute Gasteiger partial charge is 0.293 e. The van der Waals surface area contributed by atoms with Crippen molar-refractivity contribution < 1.29 is 4.79 Å². The second kappa shape index (κ2) is 4.94. The molecule has 1 saturated carbocycles. The first-order valence-corrected chi connectivity index (χ1v) is 7.44. The van der Waals surface area contributed by atoms with Crippen LogP contribution in [0.2, 0.25) is 0 Å². The molecule has 1 aliphatic carbocycles. The molecule has 1 aliphatic rings. The number of amides is 1. The van der Waals surface area contributed by atoms with Crippen LogP contribution < -0.4 is 5.32 Å². The number of benzene rings is 1. The Morgan fingerprint density at radius 2 is 2.00 bits per heavy atom. The van der Waals surface area contributed by atoms with E-state index < -0.39 is 0 Å². The van der Waals surface area contributed by atoms with Gasteiger partial charge in [0, 0.05) is 17.7 Å². The number of rotatable bonds is 3. The Bertz CT molecular complexity index is 847. The number of carbonyl (C=O) groups excluding carboxylic acids is 1. The lowest BCUT2D eigenvalue weighted by molar-refractivity contribution is -0.117. The van der Waals surface area contributed by atoms with Gasteiger partial charge in [0.15, 0.2) is 5.65 Å². The van der Waals surface area contributed by atoms with Crippen LogP contribution in [0.4, 0.5) is 5.95 Å². The zero-order valence-corrected chi connectivity index (χ0v) is 12.3. The average Bonchev–Trinajstić information content (AvgIpc) is 3.28. The van der Waals surface area contributed by atoms with E-state index in [2.05, 4.69) is 46.6 Å². The highest BCUT2D eigenvalue weighted by atomic mass is 16.2. The molecule has 2 aromatic heterocycles. The number of hydrogen-bond donors (Lipinski definition) is 1.